The Kier molecular flexibility index (Phi) is 7.94. The predicted octanol–water partition coefficient (Wildman–Crippen LogP) is 7.39. The van der Waals surface area contributed by atoms with Gasteiger partial charge >= 0.3 is 5.97 Å². The Morgan fingerprint density at radius 3 is 2.63 bits per heavy atom. The number of hydrogen-bond acceptors (Lipinski definition) is 5. The number of nitrogens with two attached hydrogens (primary N) is 1. The third kappa shape index (κ3) is 4.40. The second-order valence-electron chi connectivity index (χ2n) is 10.7. The molecule has 38 heavy (non-hydrogen) atoms. The van der Waals surface area contributed by atoms with Crippen molar-refractivity contribution in [1.29, 1.82) is 0 Å². The number of esters is 1. The van der Waals surface area contributed by atoms with Crippen molar-refractivity contribution in [2.75, 3.05) is 6.54 Å². The molecule has 6 atom stereocenters. The Labute approximate surface area is 227 Å². The minimum Gasteiger partial charge on any atom is -0.462 e. The van der Waals surface area contributed by atoms with Crippen LogP contribution in [0.15, 0.2) is 59.0 Å². The summed E-state index contributed by atoms with van der Waals surface area (Å²) >= 11 is 6.33. The van der Waals surface area contributed by atoms with Crippen molar-refractivity contribution in [3.8, 4) is 11.1 Å². The molecule has 2 aliphatic rings. The number of halogens is 3. The number of pyridine rings is 1. The summed E-state index contributed by atoms with van der Waals surface area (Å²) in [4.78, 5) is 18.0. The smallest absolute Gasteiger partial charge is 0.313 e. The molecule has 6 unspecified atom stereocenters. The Morgan fingerprint density at radius 1 is 1.26 bits per heavy atom. The fraction of sp³-hybridized carbons (Fsp3) is 0.517. The summed E-state index contributed by atoms with van der Waals surface area (Å²) in [7, 11) is 0. The summed E-state index contributed by atoms with van der Waals surface area (Å²) in [5.41, 5.74) is 0.0725. The van der Waals surface area contributed by atoms with E-state index in [1.165, 1.54) is 0 Å². The summed E-state index contributed by atoms with van der Waals surface area (Å²) in [6.45, 7) is 7.54. The van der Waals surface area contributed by atoms with Gasteiger partial charge in [-0.15, -0.1) is 0 Å². The Morgan fingerprint density at radius 2 is 2.00 bits per heavy atom. The standard InChI is InChI=1S/C29H35ClF2N4O2/c1-5-18(2)29-20(4)38-26(37)27(29,14-15-35-36-33)17-28(31,32)19(3)24(29)13-12-22-11-10-21(16-34-22)23-8-6-7-9-25(23)30/h6-13,16,18-20,24H,5,14-15,17H2,1-4H3,(H2,33,35). The lowest BCUT2D eigenvalue weighted by atomic mass is 9.42. The first kappa shape index (κ1) is 28.1. The molecule has 0 amide bonds. The maximum absolute atomic E-state index is 15.7. The number of hydrogen-bond donors (Lipinski definition) is 1. The van der Waals surface area contributed by atoms with Crippen LogP contribution in [0.3, 0.4) is 0 Å². The van der Waals surface area contributed by atoms with Crippen molar-refractivity contribution < 1.29 is 18.3 Å². The van der Waals surface area contributed by atoms with E-state index in [-0.39, 0.29) is 18.9 Å². The molecular weight excluding hydrogens is 510 g/mol. The van der Waals surface area contributed by atoms with Crippen LogP contribution in [-0.2, 0) is 9.53 Å². The number of allylic oxidation sites excluding steroid dienone is 1. The molecule has 2 aromatic rings. The molecule has 4 rings (SSSR count). The maximum Gasteiger partial charge on any atom is 0.313 e. The number of alkyl halides is 2. The lowest BCUT2D eigenvalue weighted by Gasteiger charge is -2.59. The van der Waals surface area contributed by atoms with Crippen LogP contribution in [-0.4, -0.2) is 29.5 Å². The van der Waals surface area contributed by atoms with Gasteiger partial charge in [0, 0.05) is 40.1 Å². The Balaban J connectivity index is 1.79. The zero-order chi connectivity index (χ0) is 27.7. The van der Waals surface area contributed by atoms with Crippen LogP contribution in [0.25, 0.3) is 17.2 Å². The highest BCUT2D eigenvalue weighted by Crippen LogP contribution is 2.70. The van der Waals surface area contributed by atoms with Gasteiger partial charge in [-0.05, 0) is 43.4 Å². The first-order chi connectivity index (χ1) is 18.0. The van der Waals surface area contributed by atoms with E-state index in [4.69, 9.17) is 22.2 Å². The van der Waals surface area contributed by atoms with Gasteiger partial charge in [0.15, 0.2) is 0 Å². The fourth-order valence-electron chi connectivity index (χ4n) is 7.12. The van der Waals surface area contributed by atoms with Gasteiger partial charge in [-0.25, -0.2) is 8.78 Å². The van der Waals surface area contributed by atoms with Gasteiger partial charge in [0.25, 0.3) is 5.92 Å². The third-order valence-electron chi connectivity index (χ3n) is 9.06. The van der Waals surface area contributed by atoms with Gasteiger partial charge in [-0.1, -0.05) is 74.4 Å². The van der Waals surface area contributed by atoms with Crippen molar-refractivity contribution in [3.05, 3.63) is 59.4 Å². The number of aromatic nitrogens is 1. The first-order valence-corrected chi connectivity index (χ1v) is 13.5. The van der Waals surface area contributed by atoms with Gasteiger partial charge in [0.2, 0.25) is 0 Å². The molecule has 1 saturated heterocycles. The Hall–Kier alpha value is -2.87. The topological polar surface area (TPSA) is 89.9 Å². The van der Waals surface area contributed by atoms with Crippen molar-refractivity contribution in [1.82, 2.24) is 4.98 Å². The highest BCUT2D eigenvalue weighted by molar-refractivity contribution is 6.33. The second-order valence-corrected chi connectivity index (χ2v) is 11.1. The average Bonchev–Trinajstić information content (AvgIpc) is 3.10. The lowest BCUT2D eigenvalue weighted by Crippen LogP contribution is -2.63. The molecule has 1 aromatic carbocycles. The van der Waals surface area contributed by atoms with Crippen molar-refractivity contribution in [2.45, 2.75) is 59.0 Å². The van der Waals surface area contributed by atoms with E-state index < -0.39 is 47.1 Å². The van der Waals surface area contributed by atoms with E-state index in [1.807, 2.05) is 63.2 Å². The third-order valence-corrected chi connectivity index (χ3v) is 9.39. The molecule has 0 radical (unpaired) electrons. The number of nitrogens with zero attached hydrogens (tertiary/aromatic N) is 3. The van der Waals surface area contributed by atoms with E-state index in [1.54, 1.807) is 19.2 Å². The van der Waals surface area contributed by atoms with Crippen LogP contribution in [0.1, 0.15) is 52.7 Å². The maximum atomic E-state index is 15.7. The van der Waals surface area contributed by atoms with Crippen LogP contribution in [0.2, 0.25) is 5.02 Å². The highest BCUT2D eigenvalue weighted by atomic mass is 35.5. The van der Waals surface area contributed by atoms with E-state index in [2.05, 4.69) is 15.3 Å². The zero-order valence-corrected chi connectivity index (χ0v) is 23.0. The summed E-state index contributed by atoms with van der Waals surface area (Å²) in [5.74, 6) is -0.216. The molecule has 1 aliphatic carbocycles. The normalized spacial score (nSPS) is 31.4. The van der Waals surface area contributed by atoms with Gasteiger partial charge in [0.05, 0.1) is 17.7 Å². The Bertz CT molecular complexity index is 1220. The molecule has 1 aliphatic heterocycles. The van der Waals surface area contributed by atoms with Gasteiger partial charge < -0.3 is 10.6 Å². The minimum atomic E-state index is -3.09. The summed E-state index contributed by atoms with van der Waals surface area (Å²) in [5, 5.41) is 7.75. The number of carbonyl (C=O) groups is 1. The molecule has 2 fully saturated rings. The lowest BCUT2D eigenvalue weighted by molar-refractivity contribution is -0.211. The molecule has 1 saturated carbocycles. The number of cyclic esters (lactones) is 1. The fourth-order valence-corrected chi connectivity index (χ4v) is 7.37. The monoisotopic (exact) mass is 544 g/mol. The van der Waals surface area contributed by atoms with Gasteiger partial charge in [-0.2, -0.15) is 5.11 Å². The number of ether oxygens (including phenoxy) is 1. The number of fused-ring (bicyclic) bond motifs is 1. The molecule has 2 heterocycles. The number of carbonyl (C=O) groups excluding carboxylic acids is 1. The minimum absolute atomic E-state index is 0.0719. The highest BCUT2D eigenvalue weighted by Gasteiger charge is 2.76. The SMILES string of the molecule is CCC(C)C12C(C)OC(=O)C1(CCN=NN)CC(F)(F)C(C)C2C=Cc1ccc(-c2ccccc2Cl)cn1. The van der Waals surface area contributed by atoms with Gasteiger partial charge in [0.1, 0.15) is 6.10 Å². The molecule has 1 aromatic heterocycles. The molecule has 0 bridgehead atoms. The quantitative estimate of drug-likeness (QED) is 0.162. The van der Waals surface area contributed by atoms with E-state index >= 15 is 8.78 Å². The summed E-state index contributed by atoms with van der Waals surface area (Å²) < 4.78 is 37.3. The number of benzene rings is 1. The molecule has 2 N–H and O–H groups in total. The molecule has 6 nitrogen and oxygen atoms in total. The van der Waals surface area contributed by atoms with Crippen LogP contribution in [0.4, 0.5) is 8.78 Å². The van der Waals surface area contributed by atoms with Crippen LogP contribution in [0.5, 0.6) is 0 Å². The van der Waals surface area contributed by atoms with Crippen molar-refractivity contribution in [2.24, 2.45) is 44.8 Å². The van der Waals surface area contributed by atoms with Crippen molar-refractivity contribution in [3.63, 3.8) is 0 Å². The molecular formula is C29H35ClF2N4O2. The van der Waals surface area contributed by atoms with Crippen LogP contribution < -0.4 is 5.84 Å². The van der Waals surface area contributed by atoms with Crippen LogP contribution >= 0.6 is 11.6 Å². The summed E-state index contributed by atoms with van der Waals surface area (Å²) in [6.07, 6.45) is 4.99. The predicted molar refractivity (Wildman–Crippen MR) is 144 cm³/mol. The van der Waals surface area contributed by atoms with Gasteiger partial charge in [-0.3, -0.25) is 9.78 Å². The van der Waals surface area contributed by atoms with E-state index in [9.17, 15) is 4.79 Å². The largest absolute Gasteiger partial charge is 0.462 e. The number of rotatable bonds is 8. The van der Waals surface area contributed by atoms with Crippen molar-refractivity contribution >= 4 is 23.6 Å². The second kappa shape index (κ2) is 10.7. The molecule has 204 valence electrons. The van der Waals surface area contributed by atoms with E-state index in [0.29, 0.717) is 17.1 Å². The zero-order valence-electron chi connectivity index (χ0n) is 22.2. The average molecular weight is 545 g/mol. The molecule has 0 spiro atoms. The first-order valence-electron chi connectivity index (χ1n) is 13.1. The van der Waals surface area contributed by atoms with E-state index in [0.717, 1.165) is 11.1 Å². The molecule has 9 heteroatoms. The summed E-state index contributed by atoms with van der Waals surface area (Å²) in [6, 6.07) is 11.2. The van der Waals surface area contributed by atoms with Crippen LogP contribution in [0, 0.1) is 28.6 Å².